The Morgan fingerprint density at radius 2 is 1.94 bits per heavy atom. The Morgan fingerprint density at radius 1 is 1.19 bits per heavy atom. The Morgan fingerprint density at radius 3 is 2.56 bits per heavy atom. The van der Waals surface area contributed by atoms with Gasteiger partial charge in [0.2, 0.25) is 0 Å². The van der Waals surface area contributed by atoms with Gasteiger partial charge in [-0.25, -0.2) is 0 Å². The van der Waals surface area contributed by atoms with E-state index in [2.05, 4.69) is 22.3 Å². The third-order valence-electron chi connectivity index (χ3n) is 4.58. The van der Waals surface area contributed by atoms with Crippen LogP contribution < -0.4 is 5.32 Å². The Kier molecular flexibility index (Phi) is 2.88. The average molecular weight is 221 g/mol. The number of nitrogens with one attached hydrogen (secondary N) is 1. The quantitative estimate of drug-likeness (QED) is 0.731. The first kappa shape index (κ1) is 10.6. The van der Waals surface area contributed by atoms with Crippen molar-refractivity contribution in [3.05, 3.63) is 0 Å². The van der Waals surface area contributed by atoms with Crippen LogP contribution in [-0.2, 0) is 0 Å². The summed E-state index contributed by atoms with van der Waals surface area (Å²) in [6, 6.07) is 2.35. The molecule has 90 valence electrons. The molecule has 3 heterocycles. The molecular weight excluding hydrogens is 198 g/mol. The van der Waals surface area contributed by atoms with E-state index in [9.17, 15) is 0 Å². The van der Waals surface area contributed by atoms with Crippen LogP contribution in [0.25, 0.3) is 0 Å². The molecule has 2 fully saturated rings. The first-order chi connectivity index (χ1) is 7.83. The highest BCUT2D eigenvalue weighted by atomic mass is 15.2. The molecule has 16 heavy (non-hydrogen) atoms. The molecule has 0 aromatic carbocycles. The molecule has 3 nitrogen and oxygen atoms in total. The third-order valence-corrected chi connectivity index (χ3v) is 4.58. The Balaban J connectivity index is 1.61. The van der Waals surface area contributed by atoms with E-state index < -0.39 is 0 Å². The van der Waals surface area contributed by atoms with Gasteiger partial charge in [-0.15, -0.1) is 0 Å². The van der Waals surface area contributed by atoms with Crippen molar-refractivity contribution in [2.45, 2.75) is 63.1 Å². The summed E-state index contributed by atoms with van der Waals surface area (Å²) in [6.45, 7) is 1.04. The summed E-state index contributed by atoms with van der Waals surface area (Å²) in [5.74, 6) is 1.28. The molecule has 0 aromatic heterocycles. The number of aliphatic imine (C=N–C) groups is 1. The van der Waals surface area contributed by atoms with Gasteiger partial charge < -0.3 is 10.2 Å². The molecule has 2 bridgehead atoms. The predicted molar refractivity (Wildman–Crippen MR) is 66.9 cm³/mol. The van der Waals surface area contributed by atoms with Gasteiger partial charge >= 0.3 is 0 Å². The van der Waals surface area contributed by atoms with Gasteiger partial charge in [0.1, 0.15) is 0 Å². The molecule has 3 rings (SSSR count). The highest BCUT2D eigenvalue weighted by molar-refractivity contribution is 5.83. The van der Waals surface area contributed by atoms with Crippen LogP contribution in [0.15, 0.2) is 4.99 Å². The molecule has 0 amide bonds. The summed E-state index contributed by atoms with van der Waals surface area (Å²) in [5.41, 5.74) is 0. The summed E-state index contributed by atoms with van der Waals surface area (Å²) in [4.78, 5) is 7.16. The summed E-state index contributed by atoms with van der Waals surface area (Å²) < 4.78 is 0. The van der Waals surface area contributed by atoms with E-state index >= 15 is 0 Å². The van der Waals surface area contributed by atoms with Crippen molar-refractivity contribution in [1.29, 1.82) is 0 Å². The van der Waals surface area contributed by atoms with Gasteiger partial charge in [0.25, 0.3) is 0 Å². The largest absolute Gasteiger partial charge is 0.371 e. The van der Waals surface area contributed by atoms with Crippen LogP contribution in [0, 0.1) is 0 Å². The monoisotopic (exact) mass is 221 g/mol. The van der Waals surface area contributed by atoms with E-state index in [1.54, 1.807) is 0 Å². The first-order valence-corrected chi connectivity index (χ1v) is 6.85. The fourth-order valence-electron chi connectivity index (χ4n) is 3.63. The van der Waals surface area contributed by atoms with Crippen molar-refractivity contribution in [3.8, 4) is 0 Å². The maximum atomic E-state index is 4.53. The number of piperidine rings is 2. The maximum absolute atomic E-state index is 4.53. The Hall–Kier alpha value is -0.570. The number of hydrogen-bond acceptors (Lipinski definition) is 3. The first-order valence-electron chi connectivity index (χ1n) is 6.85. The van der Waals surface area contributed by atoms with Crippen molar-refractivity contribution in [2.24, 2.45) is 4.99 Å². The van der Waals surface area contributed by atoms with Crippen molar-refractivity contribution in [3.63, 3.8) is 0 Å². The molecule has 2 unspecified atom stereocenters. The zero-order valence-corrected chi connectivity index (χ0v) is 10.3. The molecule has 1 N–H and O–H groups in total. The smallest absolute Gasteiger partial charge is 0.0965 e. The molecule has 3 aliphatic rings. The zero-order valence-electron chi connectivity index (χ0n) is 10.3. The second kappa shape index (κ2) is 4.36. The average Bonchev–Trinajstić information content (AvgIpc) is 2.72. The van der Waals surface area contributed by atoms with Gasteiger partial charge in [0, 0.05) is 31.1 Å². The number of rotatable bonds is 1. The summed E-state index contributed by atoms with van der Waals surface area (Å²) in [7, 11) is 2.32. The lowest BCUT2D eigenvalue weighted by Crippen LogP contribution is -2.55. The van der Waals surface area contributed by atoms with Crippen LogP contribution in [0.3, 0.4) is 0 Å². The molecule has 2 saturated heterocycles. The van der Waals surface area contributed by atoms with Crippen molar-refractivity contribution >= 4 is 5.84 Å². The standard InChI is InChI=1S/C13H23N3/c1-16-11-4-2-5-12(16)9-10(8-11)15-13-6-3-7-14-13/h10-12H,2-9H2,1H3,(H,14,15). The number of fused-ring (bicyclic) bond motifs is 2. The lowest BCUT2D eigenvalue weighted by molar-refractivity contribution is 0.0528. The molecule has 0 spiro atoms. The summed E-state index contributed by atoms with van der Waals surface area (Å²) in [6.07, 6.45) is 9.32. The molecule has 3 heteroatoms. The summed E-state index contributed by atoms with van der Waals surface area (Å²) in [5, 5.41) is 3.69. The van der Waals surface area contributed by atoms with Gasteiger partial charge in [-0.3, -0.25) is 4.99 Å². The fourth-order valence-corrected chi connectivity index (χ4v) is 3.63. The SMILES string of the molecule is CN1C2CCCC1CC(NC1=NCCC1)C2. The minimum Gasteiger partial charge on any atom is -0.371 e. The molecule has 0 saturated carbocycles. The van der Waals surface area contributed by atoms with E-state index in [-0.39, 0.29) is 0 Å². The predicted octanol–water partition coefficient (Wildman–Crippen LogP) is 1.78. The van der Waals surface area contributed by atoms with E-state index in [0.29, 0.717) is 6.04 Å². The van der Waals surface area contributed by atoms with Gasteiger partial charge in [0.15, 0.2) is 0 Å². The summed E-state index contributed by atoms with van der Waals surface area (Å²) >= 11 is 0. The van der Waals surface area contributed by atoms with Gasteiger partial charge in [-0.05, 0) is 39.2 Å². The van der Waals surface area contributed by atoms with Crippen LogP contribution >= 0.6 is 0 Å². The van der Waals surface area contributed by atoms with Crippen LogP contribution in [0.2, 0.25) is 0 Å². The van der Waals surface area contributed by atoms with Gasteiger partial charge in [0.05, 0.1) is 5.84 Å². The van der Waals surface area contributed by atoms with Crippen LogP contribution in [0.1, 0.15) is 44.9 Å². The molecule has 0 radical (unpaired) electrons. The van der Waals surface area contributed by atoms with E-state index in [0.717, 1.165) is 18.6 Å². The second-order valence-corrected chi connectivity index (χ2v) is 5.65. The van der Waals surface area contributed by atoms with E-state index in [1.807, 2.05) is 0 Å². The number of hydrogen-bond donors (Lipinski definition) is 1. The van der Waals surface area contributed by atoms with Gasteiger partial charge in [-0.2, -0.15) is 0 Å². The zero-order chi connectivity index (χ0) is 11.0. The molecule has 3 aliphatic heterocycles. The number of amidine groups is 1. The van der Waals surface area contributed by atoms with E-state index in [4.69, 9.17) is 0 Å². The third kappa shape index (κ3) is 1.97. The second-order valence-electron chi connectivity index (χ2n) is 5.65. The minimum atomic E-state index is 0.698. The van der Waals surface area contributed by atoms with Crippen LogP contribution in [0.5, 0.6) is 0 Å². The maximum Gasteiger partial charge on any atom is 0.0965 e. The van der Waals surface area contributed by atoms with Gasteiger partial charge in [-0.1, -0.05) is 6.42 Å². The fraction of sp³-hybridized carbons (Fsp3) is 0.923. The molecule has 0 aliphatic carbocycles. The molecule has 2 atom stereocenters. The van der Waals surface area contributed by atoms with Crippen molar-refractivity contribution in [2.75, 3.05) is 13.6 Å². The van der Waals surface area contributed by atoms with E-state index in [1.165, 1.54) is 50.8 Å². The number of nitrogens with zero attached hydrogens (tertiary/aromatic N) is 2. The van der Waals surface area contributed by atoms with Crippen molar-refractivity contribution in [1.82, 2.24) is 10.2 Å². The highest BCUT2D eigenvalue weighted by Gasteiger charge is 2.36. The molecule has 0 aromatic rings. The normalized spacial score (nSPS) is 39.6. The van der Waals surface area contributed by atoms with Crippen LogP contribution in [0.4, 0.5) is 0 Å². The Labute approximate surface area is 98.3 Å². The van der Waals surface area contributed by atoms with Crippen LogP contribution in [-0.4, -0.2) is 42.5 Å². The topological polar surface area (TPSA) is 27.6 Å². The van der Waals surface area contributed by atoms with Crippen molar-refractivity contribution < 1.29 is 0 Å². The Bertz CT molecular complexity index is 273. The highest BCUT2D eigenvalue weighted by Crippen LogP contribution is 2.32. The lowest BCUT2D eigenvalue weighted by atomic mass is 9.82. The minimum absolute atomic E-state index is 0.698. The molecular formula is C13H23N3. The lowest BCUT2D eigenvalue weighted by Gasteiger charge is -2.47.